The largest absolute Gasteiger partial charge is 0.333 e. The van der Waals surface area contributed by atoms with Crippen LogP contribution in [-0.2, 0) is 10.5 Å². The van der Waals surface area contributed by atoms with Crippen LogP contribution >= 0.6 is 0 Å². The summed E-state index contributed by atoms with van der Waals surface area (Å²) in [5.74, 6) is -0.0550. The van der Waals surface area contributed by atoms with Gasteiger partial charge < -0.3 is 15.2 Å². The molecular weight excluding hydrogens is 409 g/mol. The number of nitrogens with zero attached hydrogens (tertiary/aromatic N) is 4. The molecule has 32 heavy (non-hydrogen) atoms. The third-order valence-electron chi connectivity index (χ3n) is 6.19. The fourth-order valence-corrected chi connectivity index (χ4v) is 4.51. The van der Waals surface area contributed by atoms with Crippen LogP contribution in [0.4, 0.5) is 4.39 Å². The lowest BCUT2D eigenvalue weighted by Crippen LogP contribution is -2.60. The number of fused-ring (bicyclic) bond motifs is 3. The second kappa shape index (κ2) is 7.85. The first-order chi connectivity index (χ1) is 15.2. The lowest BCUT2D eigenvalue weighted by atomic mass is 9.97. The number of allylic oxidation sites excluding steroid dienone is 2. The van der Waals surface area contributed by atoms with Crippen LogP contribution in [0.1, 0.15) is 42.6 Å². The van der Waals surface area contributed by atoms with E-state index in [1.807, 2.05) is 25.3 Å². The molecule has 1 N–H and O–H groups in total. The van der Waals surface area contributed by atoms with E-state index in [0.29, 0.717) is 36.7 Å². The third kappa shape index (κ3) is 3.36. The lowest BCUT2D eigenvalue weighted by molar-refractivity contribution is -0.132. The maximum atomic E-state index is 13.3. The van der Waals surface area contributed by atoms with Gasteiger partial charge in [0, 0.05) is 13.1 Å². The average molecular weight is 436 g/mol. The van der Waals surface area contributed by atoms with Crippen molar-refractivity contribution in [2.75, 3.05) is 19.6 Å². The number of rotatable bonds is 5. The zero-order chi connectivity index (χ0) is 23.2. The highest BCUT2D eigenvalue weighted by Crippen LogP contribution is 2.39. The smallest absolute Gasteiger partial charge is 0.274 e. The number of hydrogen-bond donors (Lipinski definition) is 1. The maximum Gasteiger partial charge on any atom is 0.274 e. The van der Waals surface area contributed by atoms with Gasteiger partial charge in [-0.15, -0.1) is 0 Å². The molecule has 2 aliphatic heterocycles. The van der Waals surface area contributed by atoms with Crippen molar-refractivity contribution in [1.82, 2.24) is 19.4 Å². The molecular formula is C24H26FN5O2. The highest BCUT2D eigenvalue weighted by atomic mass is 19.1. The topological polar surface area (TPSA) is 82.3 Å². The van der Waals surface area contributed by atoms with Gasteiger partial charge in [-0.3, -0.25) is 14.2 Å². The zero-order valence-corrected chi connectivity index (χ0v) is 18.4. The third-order valence-corrected chi connectivity index (χ3v) is 6.19. The maximum absolute atomic E-state index is 13.3. The van der Waals surface area contributed by atoms with Gasteiger partial charge in [-0.1, -0.05) is 20.4 Å². The van der Waals surface area contributed by atoms with Crippen molar-refractivity contribution in [3.63, 3.8) is 0 Å². The number of nitrogens with one attached hydrogen (secondary N) is 1. The zero-order valence-electron chi connectivity index (χ0n) is 18.4. The van der Waals surface area contributed by atoms with E-state index in [4.69, 9.17) is 5.41 Å². The highest BCUT2D eigenvalue weighted by Gasteiger charge is 2.51. The normalized spacial score (nSPS) is 20.4. The first kappa shape index (κ1) is 21.7. The summed E-state index contributed by atoms with van der Waals surface area (Å²) in [6.07, 6.45) is 4.58. The molecule has 1 fully saturated rings. The summed E-state index contributed by atoms with van der Waals surface area (Å²) < 4.78 is 15.2. The van der Waals surface area contributed by atoms with Crippen LogP contribution in [-0.4, -0.2) is 56.5 Å². The van der Waals surface area contributed by atoms with Crippen LogP contribution in [0.2, 0.25) is 0 Å². The van der Waals surface area contributed by atoms with E-state index in [1.54, 1.807) is 34.2 Å². The van der Waals surface area contributed by atoms with Crippen LogP contribution in [0.3, 0.4) is 0 Å². The molecule has 1 aromatic carbocycles. The molecule has 0 bridgehead atoms. The second-order valence-corrected chi connectivity index (χ2v) is 8.62. The van der Waals surface area contributed by atoms with Gasteiger partial charge in [-0.25, -0.2) is 9.37 Å². The molecule has 2 aliphatic rings. The fourth-order valence-electron chi connectivity index (χ4n) is 4.51. The fraction of sp³-hybridized carbons (Fsp3) is 0.333. The van der Waals surface area contributed by atoms with E-state index in [1.165, 1.54) is 18.2 Å². The van der Waals surface area contributed by atoms with Gasteiger partial charge in [-0.2, -0.15) is 0 Å². The van der Waals surface area contributed by atoms with Gasteiger partial charge in [-0.05, 0) is 60.4 Å². The van der Waals surface area contributed by atoms with Crippen molar-refractivity contribution in [1.29, 1.82) is 5.41 Å². The second-order valence-electron chi connectivity index (χ2n) is 8.62. The molecule has 0 radical (unpaired) electrons. The van der Waals surface area contributed by atoms with E-state index in [-0.39, 0.29) is 29.3 Å². The molecule has 1 unspecified atom stereocenters. The molecule has 7 nitrogen and oxygen atoms in total. The summed E-state index contributed by atoms with van der Waals surface area (Å²) in [7, 11) is 0. The highest BCUT2D eigenvalue weighted by molar-refractivity contribution is 6.10. The number of piperazine rings is 1. The number of carbonyl (C=O) groups excluding carboxylic acids is 2. The van der Waals surface area contributed by atoms with E-state index < -0.39 is 5.66 Å². The SMILES string of the molecule is C=CC(=O)N1CCN2C(=O)c3cnc(C(=CC(=N)c4ccc(F)cc4)C(C)C)n3C2(C)C1. The average Bonchev–Trinajstić information content (AvgIpc) is 3.30. The number of benzene rings is 1. The molecule has 0 saturated carbocycles. The minimum Gasteiger partial charge on any atom is -0.333 e. The molecule has 0 spiro atoms. The summed E-state index contributed by atoms with van der Waals surface area (Å²) in [4.78, 5) is 33.4. The number of aromatic nitrogens is 2. The van der Waals surface area contributed by atoms with Gasteiger partial charge in [0.1, 0.15) is 23.0 Å². The minimum absolute atomic E-state index is 0.00421. The van der Waals surface area contributed by atoms with Crippen molar-refractivity contribution in [3.8, 4) is 0 Å². The Balaban J connectivity index is 1.79. The number of imidazole rings is 1. The van der Waals surface area contributed by atoms with Gasteiger partial charge in [0.15, 0.2) is 0 Å². The predicted octanol–water partition coefficient (Wildman–Crippen LogP) is 3.29. The lowest BCUT2D eigenvalue weighted by Gasteiger charge is -2.45. The number of amides is 2. The Morgan fingerprint density at radius 1 is 1.28 bits per heavy atom. The van der Waals surface area contributed by atoms with E-state index >= 15 is 0 Å². The molecule has 8 heteroatoms. The summed E-state index contributed by atoms with van der Waals surface area (Å²) in [6.45, 7) is 10.7. The predicted molar refractivity (Wildman–Crippen MR) is 120 cm³/mol. The van der Waals surface area contributed by atoms with Crippen LogP contribution in [0.25, 0.3) is 5.57 Å². The molecule has 3 heterocycles. The summed E-state index contributed by atoms with van der Waals surface area (Å²) in [5, 5.41) is 8.53. The van der Waals surface area contributed by atoms with Crippen molar-refractivity contribution >= 4 is 23.1 Å². The number of halogens is 1. The first-order valence-electron chi connectivity index (χ1n) is 10.6. The first-order valence-corrected chi connectivity index (χ1v) is 10.6. The van der Waals surface area contributed by atoms with Crippen LogP contribution in [0, 0.1) is 17.1 Å². The molecule has 4 rings (SSSR count). The Bertz CT molecular complexity index is 1150. The number of carbonyl (C=O) groups is 2. The van der Waals surface area contributed by atoms with Crippen LogP contribution < -0.4 is 0 Å². The quantitative estimate of drug-likeness (QED) is 0.578. The molecule has 2 aromatic rings. The molecule has 1 saturated heterocycles. The monoisotopic (exact) mass is 435 g/mol. The minimum atomic E-state index is -0.790. The Labute approximate surface area is 186 Å². The van der Waals surface area contributed by atoms with Gasteiger partial charge in [0.05, 0.1) is 18.5 Å². The van der Waals surface area contributed by atoms with Gasteiger partial charge in [0.25, 0.3) is 5.91 Å². The Hall–Kier alpha value is -3.55. The van der Waals surface area contributed by atoms with E-state index in [2.05, 4.69) is 11.6 Å². The van der Waals surface area contributed by atoms with E-state index in [0.717, 1.165) is 5.57 Å². The molecule has 166 valence electrons. The molecule has 1 atom stereocenters. The van der Waals surface area contributed by atoms with Crippen molar-refractivity contribution in [3.05, 3.63) is 72.1 Å². The number of hydrogen-bond acceptors (Lipinski definition) is 4. The Kier molecular flexibility index (Phi) is 5.32. The van der Waals surface area contributed by atoms with Crippen LogP contribution in [0.15, 0.2) is 49.2 Å². The Morgan fingerprint density at radius 3 is 2.59 bits per heavy atom. The van der Waals surface area contributed by atoms with Crippen molar-refractivity contribution < 1.29 is 14.0 Å². The van der Waals surface area contributed by atoms with Gasteiger partial charge >= 0.3 is 0 Å². The molecule has 2 amide bonds. The molecule has 1 aromatic heterocycles. The van der Waals surface area contributed by atoms with Gasteiger partial charge in [0.2, 0.25) is 5.91 Å². The van der Waals surface area contributed by atoms with Crippen LogP contribution in [0.5, 0.6) is 0 Å². The molecule has 0 aliphatic carbocycles. The summed E-state index contributed by atoms with van der Waals surface area (Å²) in [6, 6.07) is 5.78. The Morgan fingerprint density at radius 2 is 1.97 bits per heavy atom. The standard InChI is InChI=1S/C24H26FN5O2/c1-5-21(31)28-10-11-29-23(32)20-13-27-22(30(20)24(29,4)14-28)18(15(2)3)12-19(26)16-6-8-17(25)9-7-16/h5-9,12-13,15,26H,1,10-11,14H2,2-4H3. The summed E-state index contributed by atoms with van der Waals surface area (Å²) in [5.41, 5.74) is 1.27. The van der Waals surface area contributed by atoms with E-state index in [9.17, 15) is 14.0 Å². The van der Waals surface area contributed by atoms with Crippen molar-refractivity contribution in [2.24, 2.45) is 5.92 Å². The summed E-state index contributed by atoms with van der Waals surface area (Å²) >= 11 is 0. The van der Waals surface area contributed by atoms with Crippen molar-refractivity contribution in [2.45, 2.75) is 26.4 Å².